The van der Waals surface area contributed by atoms with Crippen LogP contribution in [0.15, 0.2) is 5.16 Å². The summed E-state index contributed by atoms with van der Waals surface area (Å²) in [5.74, 6) is 0.536. The van der Waals surface area contributed by atoms with Gasteiger partial charge in [-0.05, 0) is 17.4 Å². The van der Waals surface area contributed by atoms with Gasteiger partial charge >= 0.3 is 0 Å². The van der Waals surface area contributed by atoms with Gasteiger partial charge in [0.05, 0.1) is 12.7 Å². The van der Waals surface area contributed by atoms with Crippen molar-refractivity contribution in [1.82, 2.24) is 20.2 Å². The highest BCUT2D eigenvalue weighted by atomic mass is 32.2. The Bertz CT molecular complexity index is 268. The molecular weight excluding hydrogens is 204 g/mol. The molecule has 0 saturated carbocycles. The van der Waals surface area contributed by atoms with E-state index in [9.17, 15) is 5.11 Å². The van der Waals surface area contributed by atoms with E-state index in [1.54, 1.807) is 11.7 Å². The van der Waals surface area contributed by atoms with E-state index in [-0.39, 0.29) is 0 Å². The maximum absolute atomic E-state index is 9.45. The van der Waals surface area contributed by atoms with Crippen LogP contribution in [0.3, 0.4) is 0 Å². The van der Waals surface area contributed by atoms with E-state index in [1.807, 2.05) is 6.92 Å². The average molecular weight is 218 g/mol. The highest BCUT2D eigenvalue weighted by Gasteiger charge is 2.08. The summed E-state index contributed by atoms with van der Waals surface area (Å²) in [6.07, 6.45) is -0.475. The van der Waals surface area contributed by atoms with E-state index in [4.69, 9.17) is 4.74 Å². The summed E-state index contributed by atoms with van der Waals surface area (Å²) < 4.78 is 6.64. The van der Waals surface area contributed by atoms with Gasteiger partial charge < -0.3 is 9.84 Å². The van der Waals surface area contributed by atoms with Crippen LogP contribution >= 0.6 is 11.8 Å². The summed E-state index contributed by atoms with van der Waals surface area (Å²) in [6, 6.07) is 0. The highest BCUT2D eigenvalue weighted by molar-refractivity contribution is 7.99. The van der Waals surface area contributed by atoms with Gasteiger partial charge in [0, 0.05) is 19.4 Å². The van der Waals surface area contributed by atoms with Crippen molar-refractivity contribution in [2.24, 2.45) is 7.05 Å². The molecule has 0 spiro atoms. The van der Waals surface area contributed by atoms with Gasteiger partial charge in [0.2, 0.25) is 5.16 Å². The van der Waals surface area contributed by atoms with E-state index in [1.165, 1.54) is 11.8 Å². The number of aryl methyl sites for hydroxylation is 1. The maximum atomic E-state index is 9.45. The van der Waals surface area contributed by atoms with E-state index in [2.05, 4.69) is 15.5 Å². The van der Waals surface area contributed by atoms with Crippen molar-refractivity contribution in [2.45, 2.75) is 18.2 Å². The molecule has 0 aliphatic rings. The van der Waals surface area contributed by atoms with Gasteiger partial charge in [0.25, 0.3) is 0 Å². The quantitative estimate of drug-likeness (QED) is 0.661. The first-order valence-corrected chi connectivity index (χ1v) is 5.33. The summed E-state index contributed by atoms with van der Waals surface area (Å²) in [5.41, 5.74) is 0. The number of rotatable bonds is 6. The minimum atomic E-state index is -0.475. The van der Waals surface area contributed by atoms with E-state index in [0.717, 1.165) is 0 Å². The number of nitrogens with zero attached hydrogens (tertiary/aromatic N) is 4. The minimum Gasteiger partial charge on any atom is -0.390 e. The van der Waals surface area contributed by atoms with Crippen molar-refractivity contribution in [3.8, 4) is 0 Å². The molecule has 1 heterocycles. The lowest BCUT2D eigenvalue weighted by molar-refractivity contribution is 0.0551. The second-order valence-corrected chi connectivity index (χ2v) is 3.70. The van der Waals surface area contributed by atoms with E-state index >= 15 is 0 Å². The standard InChI is InChI=1S/C7H14N4O2S/c1-3-13-4-6(12)5-14-7-8-9-10-11(7)2/h6,12H,3-5H2,1-2H3. The molecule has 80 valence electrons. The molecule has 1 aromatic heterocycles. The zero-order chi connectivity index (χ0) is 10.4. The lowest BCUT2D eigenvalue weighted by atomic mass is 10.4. The van der Waals surface area contributed by atoms with Gasteiger partial charge in [-0.25, -0.2) is 4.68 Å². The Kier molecular flexibility index (Phi) is 4.85. The third-order valence-corrected chi connectivity index (χ3v) is 2.66. The van der Waals surface area contributed by atoms with Crippen LogP contribution in [0.5, 0.6) is 0 Å². The highest BCUT2D eigenvalue weighted by Crippen LogP contribution is 2.13. The maximum Gasteiger partial charge on any atom is 0.209 e. The van der Waals surface area contributed by atoms with Crippen LogP contribution < -0.4 is 0 Å². The fourth-order valence-electron chi connectivity index (χ4n) is 0.816. The molecule has 0 aromatic carbocycles. The van der Waals surface area contributed by atoms with Gasteiger partial charge in [-0.2, -0.15) is 0 Å². The summed E-state index contributed by atoms with van der Waals surface area (Å²) >= 11 is 1.41. The van der Waals surface area contributed by atoms with Crippen molar-refractivity contribution >= 4 is 11.8 Å². The number of aromatic nitrogens is 4. The second-order valence-electron chi connectivity index (χ2n) is 2.71. The van der Waals surface area contributed by atoms with Crippen LogP contribution in [0.2, 0.25) is 0 Å². The number of aliphatic hydroxyl groups excluding tert-OH is 1. The van der Waals surface area contributed by atoms with E-state index < -0.39 is 6.10 Å². The molecule has 1 unspecified atom stereocenters. The summed E-state index contributed by atoms with van der Waals surface area (Å²) in [6.45, 7) is 2.87. The molecule has 1 aromatic rings. The number of aliphatic hydroxyl groups is 1. The first-order chi connectivity index (χ1) is 6.74. The predicted octanol–water partition coefficient (Wildman–Crippen LogP) is -0.300. The van der Waals surface area contributed by atoms with Gasteiger partial charge in [-0.1, -0.05) is 11.8 Å². The summed E-state index contributed by atoms with van der Waals surface area (Å²) in [7, 11) is 1.76. The van der Waals surface area contributed by atoms with E-state index in [0.29, 0.717) is 24.1 Å². The third kappa shape index (κ3) is 3.60. The van der Waals surface area contributed by atoms with Gasteiger partial charge in [0.1, 0.15) is 0 Å². The third-order valence-electron chi connectivity index (χ3n) is 1.50. The Hall–Kier alpha value is -0.660. The molecule has 1 N–H and O–H groups in total. The fourth-order valence-corrected chi connectivity index (χ4v) is 1.57. The first-order valence-electron chi connectivity index (χ1n) is 4.35. The van der Waals surface area contributed by atoms with Crippen LogP contribution in [0, 0.1) is 0 Å². The Balaban J connectivity index is 2.23. The average Bonchev–Trinajstić information content (AvgIpc) is 2.58. The van der Waals surface area contributed by atoms with Crippen LogP contribution in [-0.4, -0.2) is 50.4 Å². The summed E-state index contributed by atoms with van der Waals surface area (Å²) in [4.78, 5) is 0. The van der Waals surface area contributed by atoms with Gasteiger partial charge in [-0.15, -0.1) is 5.10 Å². The van der Waals surface area contributed by atoms with Gasteiger partial charge in [0.15, 0.2) is 0 Å². The molecule has 1 rings (SSSR count). The molecule has 0 aliphatic heterocycles. The molecule has 0 bridgehead atoms. The van der Waals surface area contributed by atoms with Crippen molar-refractivity contribution in [1.29, 1.82) is 0 Å². The van der Waals surface area contributed by atoms with Gasteiger partial charge in [-0.3, -0.25) is 0 Å². The number of hydrogen-bond acceptors (Lipinski definition) is 6. The van der Waals surface area contributed by atoms with Crippen molar-refractivity contribution in [2.75, 3.05) is 19.0 Å². The lowest BCUT2D eigenvalue weighted by Crippen LogP contribution is -2.18. The molecule has 0 fully saturated rings. The molecule has 14 heavy (non-hydrogen) atoms. The van der Waals surface area contributed by atoms with Crippen molar-refractivity contribution < 1.29 is 9.84 Å². The largest absolute Gasteiger partial charge is 0.390 e. The fraction of sp³-hybridized carbons (Fsp3) is 0.857. The SMILES string of the molecule is CCOCC(O)CSc1nnnn1C. The Morgan fingerprint density at radius 3 is 3.00 bits per heavy atom. The molecule has 6 nitrogen and oxygen atoms in total. The molecule has 7 heteroatoms. The summed E-state index contributed by atoms with van der Waals surface area (Å²) in [5, 5.41) is 21.1. The molecular formula is C7H14N4O2S. The normalized spacial score (nSPS) is 13.1. The Morgan fingerprint density at radius 2 is 2.43 bits per heavy atom. The zero-order valence-electron chi connectivity index (χ0n) is 8.25. The monoisotopic (exact) mass is 218 g/mol. The smallest absolute Gasteiger partial charge is 0.209 e. The molecule has 0 aliphatic carbocycles. The second kappa shape index (κ2) is 5.94. The van der Waals surface area contributed by atoms with Crippen LogP contribution in [-0.2, 0) is 11.8 Å². The first kappa shape index (κ1) is 11.4. The lowest BCUT2D eigenvalue weighted by Gasteiger charge is -2.08. The van der Waals surface area contributed by atoms with Crippen LogP contribution in [0.4, 0.5) is 0 Å². The van der Waals surface area contributed by atoms with Crippen LogP contribution in [0.1, 0.15) is 6.92 Å². The minimum absolute atomic E-state index is 0.356. The zero-order valence-corrected chi connectivity index (χ0v) is 9.07. The Labute approximate surface area is 86.6 Å². The van der Waals surface area contributed by atoms with Crippen molar-refractivity contribution in [3.05, 3.63) is 0 Å². The van der Waals surface area contributed by atoms with Crippen LogP contribution in [0.25, 0.3) is 0 Å². The van der Waals surface area contributed by atoms with Crippen molar-refractivity contribution in [3.63, 3.8) is 0 Å². The number of ether oxygens (including phenoxy) is 1. The Morgan fingerprint density at radius 1 is 1.64 bits per heavy atom. The molecule has 0 amide bonds. The number of hydrogen-bond donors (Lipinski definition) is 1. The molecule has 1 atom stereocenters. The number of tetrazole rings is 1. The number of thioether (sulfide) groups is 1. The topological polar surface area (TPSA) is 73.1 Å². The molecule has 0 saturated heterocycles. The molecule has 0 radical (unpaired) electrons. The predicted molar refractivity (Wildman–Crippen MR) is 52.0 cm³/mol.